The molecule has 1 heterocycles. The molecule has 2 rings (SSSR count). The molecule has 0 aliphatic rings. The van der Waals surface area contributed by atoms with Gasteiger partial charge in [-0.25, -0.2) is 4.98 Å². The van der Waals surface area contributed by atoms with Crippen LogP contribution in [0.5, 0.6) is 0 Å². The molecule has 0 saturated heterocycles. The quantitative estimate of drug-likeness (QED) is 0.664. The number of nitrogens with one attached hydrogen (secondary N) is 1. The van der Waals surface area contributed by atoms with Crippen molar-refractivity contribution in [3.63, 3.8) is 0 Å². The molecule has 0 unspecified atom stereocenters. The van der Waals surface area contributed by atoms with E-state index < -0.39 is 16.2 Å². The van der Waals surface area contributed by atoms with Gasteiger partial charge in [0.15, 0.2) is 5.69 Å². The first-order chi connectivity index (χ1) is 9.47. The average Bonchev–Trinajstić information content (AvgIpc) is 2.36. The average molecular weight is 293 g/mol. The molecule has 7 nitrogen and oxygen atoms in total. The second kappa shape index (κ2) is 5.54. The van der Waals surface area contributed by atoms with E-state index in [9.17, 15) is 14.9 Å². The number of benzene rings is 1. The summed E-state index contributed by atoms with van der Waals surface area (Å²) in [5.74, 6) is -0.184. The molecule has 0 fully saturated rings. The lowest BCUT2D eigenvalue weighted by atomic mass is 10.2. The van der Waals surface area contributed by atoms with E-state index in [-0.39, 0.29) is 11.6 Å². The maximum absolute atomic E-state index is 11.5. The van der Waals surface area contributed by atoms with E-state index in [1.807, 2.05) is 0 Å². The maximum Gasteiger partial charge on any atom is 0.359 e. The predicted octanol–water partition coefficient (Wildman–Crippen LogP) is 2.08. The van der Waals surface area contributed by atoms with Crippen LogP contribution in [0.1, 0.15) is 11.3 Å². The van der Waals surface area contributed by atoms with Gasteiger partial charge in [0.05, 0.1) is 4.92 Å². The Kier molecular flexibility index (Phi) is 3.81. The Bertz CT molecular complexity index is 737. The summed E-state index contributed by atoms with van der Waals surface area (Å²) >= 11 is 5.75. The van der Waals surface area contributed by atoms with E-state index in [2.05, 4.69) is 9.97 Å². The van der Waals surface area contributed by atoms with Gasteiger partial charge in [0.25, 0.3) is 0 Å². The van der Waals surface area contributed by atoms with Gasteiger partial charge in [-0.15, -0.1) is 0 Å². The van der Waals surface area contributed by atoms with E-state index in [0.717, 1.165) is 5.56 Å². The molecular formula is C12H9ClN4O3. The van der Waals surface area contributed by atoms with Crippen LogP contribution in [0.15, 0.2) is 29.1 Å². The fourth-order valence-electron chi connectivity index (χ4n) is 1.54. The monoisotopic (exact) mass is 292 g/mol. The molecule has 0 bridgehead atoms. The van der Waals surface area contributed by atoms with Crippen molar-refractivity contribution >= 4 is 35.4 Å². The molecule has 20 heavy (non-hydrogen) atoms. The Morgan fingerprint density at radius 1 is 1.30 bits per heavy atom. The van der Waals surface area contributed by atoms with E-state index in [1.165, 1.54) is 6.08 Å². The summed E-state index contributed by atoms with van der Waals surface area (Å²) in [7, 11) is 0. The molecule has 1 aromatic heterocycles. The number of nitrogen functional groups attached to an aromatic ring is 1. The van der Waals surface area contributed by atoms with Crippen molar-refractivity contribution in [2.24, 2.45) is 0 Å². The third-order valence-corrected chi connectivity index (χ3v) is 2.68. The smallest absolute Gasteiger partial charge is 0.359 e. The summed E-state index contributed by atoms with van der Waals surface area (Å²) in [5, 5.41) is 11.4. The number of halogens is 1. The molecule has 2 aromatic rings. The minimum Gasteiger partial charge on any atom is -0.369 e. The summed E-state index contributed by atoms with van der Waals surface area (Å²) in [6.07, 6.45) is 2.93. The number of aromatic nitrogens is 2. The first kappa shape index (κ1) is 13.8. The molecule has 3 N–H and O–H groups in total. The van der Waals surface area contributed by atoms with Gasteiger partial charge in [-0.2, -0.15) is 0 Å². The van der Waals surface area contributed by atoms with Crippen LogP contribution in [-0.2, 0) is 0 Å². The van der Waals surface area contributed by atoms with Crippen molar-refractivity contribution in [1.29, 1.82) is 0 Å². The molecule has 1 aromatic carbocycles. The molecule has 0 atom stereocenters. The van der Waals surface area contributed by atoms with E-state index in [0.29, 0.717) is 5.02 Å². The number of rotatable bonds is 3. The minimum atomic E-state index is -0.891. The second-order valence-corrected chi connectivity index (χ2v) is 4.26. The number of nitro groups is 1. The molecule has 8 heteroatoms. The Morgan fingerprint density at radius 3 is 2.55 bits per heavy atom. The SMILES string of the molecule is Nc1nc(/C=C/c2ccc(Cl)cc2)c([N+](=O)[O-])c(=O)[nH]1. The number of hydrogen-bond acceptors (Lipinski definition) is 5. The third kappa shape index (κ3) is 3.01. The van der Waals surface area contributed by atoms with E-state index >= 15 is 0 Å². The first-order valence-electron chi connectivity index (χ1n) is 5.45. The number of aromatic amines is 1. The van der Waals surface area contributed by atoms with Gasteiger partial charge in [-0.3, -0.25) is 19.9 Å². The standard InChI is InChI=1S/C12H9ClN4O3/c13-8-4-1-7(2-5-8)3-6-9-10(17(19)20)11(18)16-12(14)15-9/h1-6H,(H3,14,15,16,18)/b6-3+. The van der Waals surface area contributed by atoms with Crippen LogP contribution in [0, 0.1) is 10.1 Å². The zero-order valence-corrected chi connectivity index (χ0v) is 10.8. The zero-order valence-electron chi connectivity index (χ0n) is 10.0. The Balaban J connectivity index is 2.45. The summed E-state index contributed by atoms with van der Waals surface area (Å²) < 4.78 is 0. The highest BCUT2D eigenvalue weighted by Gasteiger charge is 2.19. The van der Waals surface area contributed by atoms with Crippen LogP contribution in [0.2, 0.25) is 5.02 Å². The summed E-state index contributed by atoms with van der Waals surface area (Å²) in [5.41, 5.74) is 4.49. The lowest BCUT2D eigenvalue weighted by Gasteiger charge is -1.98. The summed E-state index contributed by atoms with van der Waals surface area (Å²) in [4.78, 5) is 27.4. The normalized spacial score (nSPS) is 10.8. The number of nitrogens with two attached hydrogens (primary N) is 1. The Morgan fingerprint density at radius 2 is 1.95 bits per heavy atom. The van der Waals surface area contributed by atoms with Crippen LogP contribution in [-0.4, -0.2) is 14.9 Å². The highest BCUT2D eigenvalue weighted by atomic mass is 35.5. The van der Waals surface area contributed by atoms with Crippen LogP contribution in [0.25, 0.3) is 12.2 Å². The highest BCUT2D eigenvalue weighted by molar-refractivity contribution is 6.30. The summed E-state index contributed by atoms with van der Waals surface area (Å²) in [6.45, 7) is 0. The molecule has 0 aliphatic heterocycles. The topological polar surface area (TPSA) is 115 Å². The van der Waals surface area contributed by atoms with E-state index in [1.54, 1.807) is 30.3 Å². The van der Waals surface area contributed by atoms with Crippen molar-refractivity contribution in [2.75, 3.05) is 5.73 Å². The number of anilines is 1. The highest BCUT2D eigenvalue weighted by Crippen LogP contribution is 2.16. The van der Waals surface area contributed by atoms with Gasteiger partial charge in [-0.1, -0.05) is 29.8 Å². The number of hydrogen-bond donors (Lipinski definition) is 2. The van der Waals surface area contributed by atoms with Crippen molar-refractivity contribution in [1.82, 2.24) is 9.97 Å². The van der Waals surface area contributed by atoms with Gasteiger partial charge in [0.1, 0.15) is 0 Å². The third-order valence-electron chi connectivity index (χ3n) is 2.43. The van der Waals surface area contributed by atoms with Gasteiger partial charge in [0.2, 0.25) is 5.95 Å². The molecule has 0 spiro atoms. The fourth-order valence-corrected chi connectivity index (χ4v) is 1.67. The van der Waals surface area contributed by atoms with Crippen LogP contribution in [0.3, 0.4) is 0 Å². The van der Waals surface area contributed by atoms with Crippen molar-refractivity contribution in [2.45, 2.75) is 0 Å². The molecule has 0 aliphatic carbocycles. The van der Waals surface area contributed by atoms with E-state index in [4.69, 9.17) is 17.3 Å². The molecule has 0 radical (unpaired) electrons. The Hall–Kier alpha value is -2.67. The predicted molar refractivity (Wildman–Crippen MR) is 76.3 cm³/mol. The Labute approximate surface area is 117 Å². The van der Waals surface area contributed by atoms with Crippen LogP contribution in [0.4, 0.5) is 11.6 Å². The number of H-pyrrole nitrogens is 1. The van der Waals surface area contributed by atoms with Gasteiger partial charge < -0.3 is 5.73 Å². The zero-order chi connectivity index (χ0) is 14.7. The summed E-state index contributed by atoms with van der Waals surface area (Å²) in [6, 6.07) is 6.80. The van der Waals surface area contributed by atoms with Crippen molar-refractivity contribution < 1.29 is 4.92 Å². The largest absolute Gasteiger partial charge is 0.369 e. The lowest BCUT2D eigenvalue weighted by molar-refractivity contribution is -0.386. The van der Waals surface area contributed by atoms with Crippen molar-refractivity contribution in [3.8, 4) is 0 Å². The minimum absolute atomic E-state index is 0.105. The first-order valence-corrected chi connectivity index (χ1v) is 5.83. The molecule has 102 valence electrons. The lowest BCUT2D eigenvalue weighted by Crippen LogP contribution is -2.17. The van der Waals surface area contributed by atoms with Crippen LogP contribution >= 0.6 is 11.6 Å². The van der Waals surface area contributed by atoms with Gasteiger partial charge in [0, 0.05) is 5.02 Å². The van der Waals surface area contributed by atoms with Gasteiger partial charge >= 0.3 is 11.2 Å². The molecular weight excluding hydrogens is 284 g/mol. The second-order valence-electron chi connectivity index (χ2n) is 3.83. The fraction of sp³-hybridized carbons (Fsp3) is 0. The number of nitrogens with zero attached hydrogens (tertiary/aromatic N) is 2. The van der Waals surface area contributed by atoms with Gasteiger partial charge in [-0.05, 0) is 23.8 Å². The maximum atomic E-state index is 11.5. The molecule has 0 saturated carbocycles. The van der Waals surface area contributed by atoms with Crippen LogP contribution < -0.4 is 11.3 Å². The van der Waals surface area contributed by atoms with Crippen molar-refractivity contribution in [3.05, 3.63) is 61.0 Å². The molecule has 0 amide bonds.